The van der Waals surface area contributed by atoms with Gasteiger partial charge >= 0.3 is 5.97 Å². The molecule has 0 aliphatic heterocycles. The number of hydrogen-bond acceptors (Lipinski definition) is 1. The summed E-state index contributed by atoms with van der Waals surface area (Å²) in [6.07, 6.45) is 0. The van der Waals surface area contributed by atoms with E-state index in [0.29, 0.717) is 10.6 Å². The summed E-state index contributed by atoms with van der Waals surface area (Å²) in [6, 6.07) is 6.58. The first-order chi connectivity index (χ1) is 6.52. The van der Waals surface area contributed by atoms with Crippen LogP contribution in [0.2, 0.25) is 5.02 Å². The molecule has 0 saturated heterocycles. The maximum Gasteiger partial charge on any atom is 0.323 e. The summed E-state index contributed by atoms with van der Waals surface area (Å²) in [5.74, 6) is -1.14. The van der Waals surface area contributed by atoms with Crippen LogP contribution >= 0.6 is 34.8 Å². The topological polar surface area (TPSA) is 37.3 Å². The number of aliphatic carboxylic acids is 1. The lowest BCUT2D eigenvalue weighted by Gasteiger charge is -2.12. The number of rotatable bonds is 3. The molecule has 0 spiro atoms. The fourth-order valence-corrected chi connectivity index (χ4v) is 1.47. The highest BCUT2D eigenvalue weighted by Gasteiger charge is 2.25. The molecule has 0 amide bonds. The largest absolute Gasteiger partial charge is 0.480 e. The molecule has 76 valence electrons. The van der Waals surface area contributed by atoms with Crippen LogP contribution in [0, 0.1) is 0 Å². The molecular weight excluding hydrogens is 246 g/mol. The third-order valence-corrected chi connectivity index (χ3v) is 3.00. The minimum atomic E-state index is -1.14. The Morgan fingerprint density at radius 1 is 1.21 bits per heavy atom. The second kappa shape index (κ2) is 4.87. The molecule has 2 nitrogen and oxygen atoms in total. The predicted octanol–water partition coefficient (Wildman–Crippen LogP) is 3.31. The molecule has 0 bridgehead atoms. The zero-order valence-corrected chi connectivity index (χ0v) is 9.22. The Morgan fingerprint density at radius 2 is 1.71 bits per heavy atom. The normalized spacial score (nSPS) is 14.8. The lowest BCUT2D eigenvalue weighted by molar-refractivity contribution is -0.136. The predicted molar refractivity (Wildman–Crippen MR) is 57.3 cm³/mol. The quantitative estimate of drug-likeness (QED) is 0.839. The number of halogens is 3. The molecule has 0 aromatic heterocycles. The number of benzene rings is 1. The first-order valence-corrected chi connectivity index (χ1v) is 5.04. The minimum absolute atomic E-state index is 0.569. The smallest absolute Gasteiger partial charge is 0.323 e. The van der Waals surface area contributed by atoms with Gasteiger partial charge in [-0.05, 0) is 17.7 Å². The van der Waals surface area contributed by atoms with Crippen LogP contribution in [0.25, 0.3) is 0 Å². The van der Waals surface area contributed by atoms with Gasteiger partial charge in [0.15, 0.2) is 5.38 Å². The summed E-state index contributed by atoms with van der Waals surface area (Å²) in [7, 11) is 0. The second-order valence-electron chi connectivity index (χ2n) is 2.69. The van der Waals surface area contributed by atoms with Crippen LogP contribution in [0.15, 0.2) is 24.3 Å². The van der Waals surface area contributed by atoms with Crippen LogP contribution in [-0.4, -0.2) is 16.5 Å². The zero-order valence-electron chi connectivity index (χ0n) is 6.95. The molecular formula is C9H7Cl3O2. The summed E-state index contributed by atoms with van der Waals surface area (Å²) in [4.78, 5) is 10.5. The molecule has 0 aliphatic rings. The average Bonchev–Trinajstić information content (AvgIpc) is 2.16. The lowest BCUT2D eigenvalue weighted by atomic mass is 10.1. The second-order valence-corrected chi connectivity index (χ2v) is 4.07. The minimum Gasteiger partial charge on any atom is -0.480 e. The Labute approximate surface area is 96.4 Å². The number of carbonyl (C=O) groups is 1. The van der Waals surface area contributed by atoms with E-state index in [1.54, 1.807) is 24.3 Å². The van der Waals surface area contributed by atoms with Gasteiger partial charge in [0.1, 0.15) is 0 Å². The van der Waals surface area contributed by atoms with Crippen LogP contribution in [0.4, 0.5) is 0 Å². The van der Waals surface area contributed by atoms with E-state index in [4.69, 9.17) is 39.9 Å². The first kappa shape index (κ1) is 11.6. The Morgan fingerprint density at radius 3 is 2.14 bits per heavy atom. The van der Waals surface area contributed by atoms with E-state index < -0.39 is 16.7 Å². The van der Waals surface area contributed by atoms with Crippen molar-refractivity contribution in [3.8, 4) is 0 Å². The van der Waals surface area contributed by atoms with E-state index in [0.717, 1.165) is 0 Å². The molecule has 0 heterocycles. The molecule has 0 aliphatic carbocycles. The first-order valence-electron chi connectivity index (χ1n) is 3.79. The molecule has 5 heteroatoms. The van der Waals surface area contributed by atoms with Gasteiger partial charge in [-0.3, -0.25) is 4.79 Å². The highest BCUT2D eigenvalue weighted by Crippen LogP contribution is 2.28. The van der Waals surface area contributed by atoms with Crippen LogP contribution in [0.3, 0.4) is 0 Å². The molecule has 1 aromatic carbocycles. The van der Waals surface area contributed by atoms with Gasteiger partial charge in [0.2, 0.25) is 0 Å². The summed E-state index contributed by atoms with van der Waals surface area (Å²) < 4.78 is 0. The maximum absolute atomic E-state index is 10.5. The number of carboxylic acid groups (broad SMARTS) is 1. The molecule has 14 heavy (non-hydrogen) atoms. The van der Waals surface area contributed by atoms with Crippen LogP contribution in [-0.2, 0) is 4.79 Å². The van der Waals surface area contributed by atoms with Crippen molar-refractivity contribution in [2.75, 3.05) is 0 Å². The van der Waals surface area contributed by atoms with Gasteiger partial charge in [0.25, 0.3) is 0 Å². The number of carboxylic acids is 1. The fraction of sp³-hybridized carbons (Fsp3) is 0.222. The van der Waals surface area contributed by atoms with Crippen molar-refractivity contribution >= 4 is 40.8 Å². The van der Waals surface area contributed by atoms with Gasteiger partial charge in [0, 0.05) is 5.02 Å². The SMILES string of the molecule is O=C(O)[C@H](Cl)[C@@H](Cl)c1ccc(Cl)cc1. The highest BCUT2D eigenvalue weighted by molar-refractivity contribution is 6.36. The van der Waals surface area contributed by atoms with Crippen molar-refractivity contribution in [3.05, 3.63) is 34.9 Å². The highest BCUT2D eigenvalue weighted by atomic mass is 35.5. The van der Waals surface area contributed by atoms with Gasteiger partial charge in [-0.15, -0.1) is 23.2 Å². The van der Waals surface area contributed by atoms with Crippen molar-refractivity contribution in [1.82, 2.24) is 0 Å². The van der Waals surface area contributed by atoms with Gasteiger partial charge in [-0.25, -0.2) is 0 Å². The van der Waals surface area contributed by atoms with Crippen LogP contribution in [0.5, 0.6) is 0 Å². The van der Waals surface area contributed by atoms with Crippen molar-refractivity contribution in [2.24, 2.45) is 0 Å². The van der Waals surface area contributed by atoms with Crippen molar-refractivity contribution in [1.29, 1.82) is 0 Å². The van der Waals surface area contributed by atoms with Gasteiger partial charge in [-0.2, -0.15) is 0 Å². The molecule has 0 saturated carbocycles. The number of alkyl halides is 2. The Kier molecular flexibility index (Phi) is 4.05. The van der Waals surface area contributed by atoms with Crippen molar-refractivity contribution < 1.29 is 9.90 Å². The monoisotopic (exact) mass is 252 g/mol. The maximum atomic E-state index is 10.5. The number of hydrogen-bond donors (Lipinski definition) is 1. The Bertz CT molecular complexity index is 323. The van der Waals surface area contributed by atoms with E-state index in [1.807, 2.05) is 0 Å². The Hall–Kier alpha value is -0.440. The van der Waals surface area contributed by atoms with Gasteiger partial charge in [0.05, 0.1) is 5.38 Å². The van der Waals surface area contributed by atoms with Crippen LogP contribution < -0.4 is 0 Å². The summed E-state index contributed by atoms with van der Waals surface area (Å²) in [5, 5.41) is 7.30. The van der Waals surface area contributed by atoms with E-state index >= 15 is 0 Å². The van der Waals surface area contributed by atoms with E-state index in [-0.39, 0.29) is 0 Å². The third kappa shape index (κ3) is 2.77. The summed E-state index contributed by atoms with van der Waals surface area (Å²) in [6.45, 7) is 0. The van der Waals surface area contributed by atoms with Gasteiger partial charge in [-0.1, -0.05) is 23.7 Å². The molecule has 2 atom stereocenters. The molecule has 1 N–H and O–H groups in total. The van der Waals surface area contributed by atoms with Crippen molar-refractivity contribution in [3.63, 3.8) is 0 Å². The van der Waals surface area contributed by atoms with Crippen molar-refractivity contribution in [2.45, 2.75) is 10.8 Å². The summed E-state index contributed by atoms with van der Waals surface area (Å²) in [5.41, 5.74) is 0.637. The Balaban J connectivity index is 2.84. The molecule has 0 unspecified atom stereocenters. The molecule has 0 radical (unpaired) electrons. The molecule has 1 aromatic rings. The van der Waals surface area contributed by atoms with Crippen LogP contribution in [0.1, 0.15) is 10.9 Å². The van der Waals surface area contributed by atoms with E-state index in [1.165, 1.54) is 0 Å². The fourth-order valence-electron chi connectivity index (χ4n) is 0.941. The third-order valence-electron chi connectivity index (χ3n) is 1.68. The van der Waals surface area contributed by atoms with E-state index in [2.05, 4.69) is 0 Å². The van der Waals surface area contributed by atoms with Gasteiger partial charge < -0.3 is 5.11 Å². The molecule has 1 rings (SSSR count). The van der Waals surface area contributed by atoms with E-state index in [9.17, 15) is 4.79 Å². The molecule has 0 fully saturated rings. The zero-order chi connectivity index (χ0) is 10.7. The lowest BCUT2D eigenvalue weighted by Crippen LogP contribution is -2.18. The average molecular weight is 254 g/mol. The summed E-state index contributed by atoms with van der Waals surface area (Å²) >= 11 is 17.1. The standard InChI is InChI=1S/C9H7Cl3O2/c10-6-3-1-5(2-4-6)7(11)8(12)9(13)14/h1-4,7-8H,(H,13,14)/t7-,8+/m0/s1.